The lowest BCUT2D eigenvalue weighted by Gasteiger charge is -1.94. The topological polar surface area (TPSA) is 164 Å². The highest BCUT2D eigenvalue weighted by Gasteiger charge is 2.10. The molecule has 13 heavy (non-hydrogen) atoms. The van der Waals surface area contributed by atoms with E-state index in [1.54, 1.807) is 0 Å². The van der Waals surface area contributed by atoms with Crippen LogP contribution in [0.3, 0.4) is 0 Å². The second-order valence-corrected chi connectivity index (χ2v) is 1.94. The summed E-state index contributed by atoms with van der Waals surface area (Å²) in [7, 11) is 0. The van der Waals surface area contributed by atoms with Crippen molar-refractivity contribution < 1.29 is 5.03 Å². The lowest BCUT2D eigenvalue weighted by atomic mass is 10.9. The van der Waals surface area contributed by atoms with Gasteiger partial charge in [0.25, 0.3) is 5.96 Å². The molecule has 0 fully saturated rings. The molecule has 1 aromatic heterocycles. The smallest absolute Gasteiger partial charge is 0.296 e. The Morgan fingerprint density at radius 3 is 2.62 bits per heavy atom. The predicted octanol–water partition coefficient (Wildman–Crippen LogP) is -2.20. The zero-order chi connectivity index (χ0) is 10.0. The minimum absolute atomic E-state index is 0.140. The van der Waals surface area contributed by atoms with Crippen LogP contribution in [-0.2, 0) is 0 Å². The number of anilines is 2. The number of nitrogens with two attached hydrogens (primary N) is 3. The maximum atomic E-state index is 9.91. The maximum Gasteiger partial charge on any atom is 0.296 e. The Hall–Kier alpha value is -2.39. The summed E-state index contributed by atoms with van der Waals surface area (Å²) in [5.74, 6) is -0.814. The third kappa shape index (κ3) is 1.79. The van der Waals surface area contributed by atoms with E-state index >= 15 is 0 Å². The third-order valence-electron chi connectivity index (χ3n) is 1.05. The van der Waals surface area contributed by atoms with Crippen LogP contribution < -0.4 is 17.2 Å². The fourth-order valence-corrected chi connectivity index (χ4v) is 0.635. The monoisotopic (exact) mass is 186 g/mol. The van der Waals surface area contributed by atoms with Crippen LogP contribution in [0.5, 0.6) is 0 Å². The molecule has 10 heteroatoms. The Morgan fingerprint density at radius 1 is 1.62 bits per heavy atom. The summed E-state index contributed by atoms with van der Waals surface area (Å²) in [4.78, 5) is 13.4. The Morgan fingerprint density at radius 2 is 2.23 bits per heavy atom. The lowest BCUT2D eigenvalue weighted by molar-refractivity contribution is -0.485. The second-order valence-electron chi connectivity index (χ2n) is 1.94. The van der Waals surface area contributed by atoms with E-state index in [0.29, 0.717) is 0 Å². The van der Waals surface area contributed by atoms with Crippen molar-refractivity contribution in [1.82, 2.24) is 14.8 Å². The van der Waals surface area contributed by atoms with Gasteiger partial charge in [-0.25, -0.2) is 10.1 Å². The van der Waals surface area contributed by atoms with Gasteiger partial charge in [-0.1, -0.05) is 0 Å². The summed E-state index contributed by atoms with van der Waals surface area (Å²) in [5, 5.41) is 15.2. The zero-order valence-electron chi connectivity index (χ0n) is 6.28. The summed E-state index contributed by atoms with van der Waals surface area (Å²) >= 11 is 0. The summed E-state index contributed by atoms with van der Waals surface area (Å²) in [6.07, 6.45) is 0. The van der Waals surface area contributed by atoms with Crippen LogP contribution in [0.2, 0.25) is 0 Å². The molecule has 0 aromatic carbocycles. The Labute approximate surface area is 71.2 Å². The number of rotatable bonds is 1. The molecule has 0 aliphatic carbocycles. The molecule has 1 aromatic rings. The molecule has 0 aliphatic rings. The lowest BCUT2D eigenvalue weighted by Crippen LogP contribution is -2.26. The van der Waals surface area contributed by atoms with Crippen molar-refractivity contribution in [2.45, 2.75) is 0 Å². The van der Waals surface area contributed by atoms with Crippen molar-refractivity contribution in [3.63, 3.8) is 0 Å². The molecule has 0 bridgehead atoms. The highest BCUT2D eigenvalue weighted by Crippen LogP contribution is 1.99. The largest absolute Gasteiger partial charge is 0.368 e. The van der Waals surface area contributed by atoms with Crippen LogP contribution in [-0.4, -0.2) is 25.8 Å². The predicted molar refractivity (Wildman–Crippen MR) is 42.9 cm³/mol. The van der Waals surface area contributed by atoms with E-state index in [2.05, 4.69) is 15.2 Å². The first kappa shape index (κ1) is 8.70. The molecule has 10 nitrogen and oxygen atoms in total. The number of nitrogen functional groups attached to an aromatic ring is 2. The van der Waals surface area contributed by atoms with E-state index in [1.807, 2.05) is 0 Å². The van der Waals surface area contributed by atoms with Gasteiger partial charge in [-0.15, -0.1) is 5.10 Å². The molecule has 0 spiro atoms. The molecule has 0 atom stereocenters. The minimum atomic E-state index is -0.980. The highest BCUT2D eigenvalue weighted by molar-refractivity contribution is 5.81. The third-order valence-corrected chi connectivity index (χ3v) is 1.05. The summed E-state index contributed by atoms with van der Waals surface area (Å²) in [6, 6.07) is 0. The SMILES string of the molecule is NC(=N[N+](=O)[O-])n1nc(N)nc1N. The Kier molecular flexibility index (Phi) is 1.96. The first-order valence-corrected chi connectivity index (χ1v) is 2.97. The van der Waals surface area contributed by atoms with Gasteiger partial charge in [-0.2, -0.15) is 9.67 Å². The minimum Gasteiger partial charge on any atom is -0.368 e. The summed E-state index contributed by atoms with van der Waals surface area (Å²) < 4.78 is 0.762. The van der Waals surface area contributed by atoms with E-state index in [1.165, 1.54) is 0 Å². The molecule has 0 amide bonds. The van der Waals surface area contributed by atoms with Gasteiger partial charge in [-0.05, 0) is 0 Å². The average Bonchev–Trinajstić information content (AvgIpc) is 2.28. The van der Waals surface area contributed by atoms with Gasteiger partial charge in [0.05, 0.1) is 0 Å². The number of hydrazone groups is 1. The zero-order valence-corrected chi connectivity index (χ0v) is 6.28. The van der Waals surface area contributed by atoms with Gasteiger partial charge in [0.2, 0.25) is 11.9 Å². The van der Waals surface area contributed by atoms with Gasteiger partial charge in [-0.3, -0.25) is 0 Å². The normalized spacial score (nSPS) is 11.5. The van der Waals surface area contributed by atoms with E-state index in [4.69, 9.17) is 17.2 Å². The first-order chi connectivity index (χ1) is 6.00. The van der Waals surface area contributed by atoms with Crippen LogP contribution in [0, 0.1) is 10.1 Å². The summed E-state index contributed by atoms with van der Waals surface area (Å²) in [5.41, 5.74) is 15.5. The van der Waals surface area contributed by atoms with Gasteiger partial charge in [0, 0.05) is 0 Å². The van der Waals surface area contributed by atoms with E-state index in [-0.39, 0.29) is 11.9 Å². The highest BCUT2D eigenvalue weighted by atomic mass is 16.7. The fourth-order valence-electron chi connectivity index (χ4n) is 0.635. The van der Waals surface area contributed by atoms with Gasteiger partial charge >= 0.3 is 0 Å². The van der Waals surface area contributed by atoms with Crippen molar-refractivity contribution in [3.05, 3.63) is 10.1 Å². The van der Waals surface area contributed by atoms with Crippen molar-refractivity contribution >= 4 is 17.9 Å². The van der Waals surface area contributed by atoms with Gasteiger partial charge in [0.15, 0.2) is 5.03 Å². The quantitative estimate of drug-likeness (QED) is 0.193. The van der Waals surface area contributed by atoms with Crippen LogP contribution in [0.4, 0.5) is 11.9 Å². The van der Waals surface area contributed by atoms with Gasteiger partial charge < -0.3 is 17.2 Å². The molecule has 1 rings (SSSR count). The molecule has 0 unspecified atom stereocenters. The van der Waals surface area contributed by atoms with E-state index in [0.717, 1.165) is 4.68 Å². The molecule has 0 saturated carbocycles. The van der Waals surface area contributed by atoms with Crippen LogP contribution in [0.1, 0.15) is 0 Å². The number of nitrogens with zero attached hydrogens (tertiary/aromatic N) is 5. The molecule has 0 saturated heterocycles. The van der Waals surface area contributed by atoms with Gasteiger partial charge in [0.1, 0.15) is 5.10 Å². The first-order valence-electron chi connectivity index (χ1n) is 2.97. The summed E-state index contributed by atoms with van der Waals surface area (Å²) in [6.45, 7) is 0. The molecule has 0 radical (unpaired) electrons. The molecule has 1 heterocycles. The molecule has 6 N–H and O–H groups in total. The number of nitro groups is 1. The fraction of sp³-hybridized carbons (Fsp3) is 0. The molecule has 0 aliphatic heterocycles. The van der Waals surface area contributed by atoms with Crippen molar-refractivity contribution in [2.75, 3.05) is 11.5 Å². The number of aromatic nitrogens is 3. The van der Waals surface area contributed by atoms with Crippen molar-refractivity contribution in [1.29, 1.82) is 0 Å². The van der Waals surface area contributed by atoms with Crippen LogP contribution in [0.25, 0.3) is 0 Å². The molecule has 70 valence electrons. The van der Waals surface area contributed by atoms with E-state index < -0.39 is 11.0 Å². The van der Waals surface area contributed by atoms with E-state index in [9.17, 15) is 10.1 Å². The average molecular weight is 186 g/mol. The van der Waals surface area contributed by atoms with Crippen LogP contribution in [0.15, 0.2) is 5.10 Å². The van der Waals surface area contributed by atoms with Crippen molar-refractivity contribution in [2.24, 2.45) is 10.8 Å². The Balaban J connectivity index is 3.08. The molecular formula is C3H6N8O2. The number of hydrogen-bond acceptors (Lipinski definition) is 6. The van der Waals surface area contributed by atoms with Crippen LogP contribution >= 0.6 is 0 Å². The second kappa shape index (κ2) is 2.92. The maximum absolute atomic E-state index is 9.91. The number of hydrogen-bond donors (Lipinski definition) is 3. The van der Waals surface area contributed by atoms with Crippen molar-refractivity contribution in [3.8, 4) is 0 Å². The Bertz CT molecular complexity index is 365. The molecular weight excluding hydrogens is 180 g/mol. The standard InChI is InChI=1S/C3H6N8O2/c4-1-7-2(5)10(8-1)3(6)9-11(12)13/h(H2,6,9)(H4,4,5,7,8).